The third kappa shape index (κ3) is 1.69. The third-order valence-electron chi connectivity index (χ3n) is 5.10. The Hall–Kier alpha value is -2.49. The highest BCUT2D eigenvalue weighted by molar-refractivity contribution is 6.10. The number of ether oxygens (including phenoxy) is 2. The van der Waals surface area contributed by atoms with Crippen LogP contribution >= 0.6 is 0 Å². The largest absolute Gasteiger partial charge is 0.454 e. The van der Waals surface area contributed by atoms with E-state index in [4.69, 9.17) is 9.47 Å². The number of aryl methyl sites for hydroxylation is 1. The molecule has 4 rings (SSSR count). The first-order chi connectivity index (χ1) is 11.1. The molecule has 118 valence electrons. The minimum absolute atomic E-state index is 0.114. The molecule has 4 nitrogen and oxygen atoms in total. The van der Waals surface area contributed by atoms with Crippen molar-refractivity contribution in [2.75, 3.05) is 18.7 Å². The van der Waals surface area contributed by atoms with Crippen molar-refractivity contribution >= 4 is 11.6 Å². The number of likely N-dealkylation sites (N-methyl/N-ethyl adjacent to an activating group) is 1. The van der Waals surface area contributed by atoms with E-state index in [2.05, 4.69) is 13.0 Å². The number of para-hydroxylation sites is 1. The first kappa shape index (κ1) is 14.1. The van der Waals surface area contributed by atoms with E-state index < -0.39 is 5.41 Å². The fraction of sp³-hybridized carbons (Fsp3) is 0.316. The van der Waals surface area contributed by atoms with Crippen molar-refractivity contribution < 1.29 is 14.3 Å². The lowest BCUT2D eigenvalue weighted by Crippen LogP contribution is -2.39. The Morgan fingerprint density at radius 2 is 1.83 bits per heavy atom. The second-order valence-electron chi connectivity index (χ2n) is 6.16. The van der Waals surface area contributed by atoms with Crippen LogP contribution in [-0.4, -0.2) is 19.7 Å². The molecule has 2 heterocycles. The summed E-state index contributed by atoms with van der Waals surface area (Å²) in [6, 6.07) is 12.0. The van der Waals surface area contributed by atoms with Crippen LogP contribution < -0.4 is 14.4 Å². The summed E-state index contributed by atoms with van der Waals surface area (Å²) >= 11 is 0. The molecule has 2 aliphatic heterocycles. The van der Waals surface area contributed by atoms with Gasteiger partial charge in [0.15, 0.2) is 11.5 Å². The Balaban J connectivity index is 2.01. The fourth-order valence-corrected chi connectivity index (χ4v) is 3.93. The van der Waals surface area contributed by atoms with Gasteiger partial charge >= 0.3 is 0 Å². The second kappa shape index (κ2) is 4.75. The zero-order chi connectivity index (χ0) is 16.2. The monoisotopic (exact) mass is 309 g/mol. The Morgan fingerprint density at radius 3 is 2.57 bits per heavy atom. The first-order valence-electron chi connectivity index (χ1n) is 7.88. The average molecular weight is 309 g/mol. The van der Waals surface area contributed by atoms with Crippen LogP contribution in [0.15, 0.2) is 36.4 Å². The Morgan fingerprint density at radius 1 is 1.13 bits per heavy atom. The highest BCUT2D eigenvalue weighted by Crippen LogP contribution is 2.50. The van der Waals surface area contributed by atoms with Gasteiger partial charge in [-0.1, -0.05) is 25.1 Å². The molecule has 1 amide bonds. The van der Waals surface area contributed by atoms with Crippen molar-refractivity contribution in [3.63, 3.8) is 0 Å². The average Bonchev–Trinajstić information content (AvgIpc) is 3.10. The molecule has 0 spiro atoms. The number of amides is 1. The van der Waals surface area contributed by atoms with Crippen molar-refractivity contribution in [1.82, 2.24) is 0 Å². The van der Waals surface area contributed by atoms with Gasteiger partial charge in [-0.2, -0.15) is 0 Å². The molecule has 0 aliphatic carbocycles. The molecule has 1 atom stereocenters. The molecule has 0 radical (unpaired) electrons. The molecule has 2 aromatic rings. The Bertz CT molecular complexity index is 814. The number of anilines is 1. The van der Waals surface area contributed by atoms with Crippen molar-refractivity contribution in [2.24, 2.45) is 0 Å². The summed E-state index contributed by atoms with van der Waals surface area (Å²) in [6.07, 6.45) is 0.702. The first-order valence-corrected chi connectivity index (χ1v) is 7.88. The SMILES string of the molecule is CC[C@]1(c2cc3c(cc2C)OCO3)C(=O)N(C)c2ccccc21. The van der Waals surface area contributed by atoms with E-state index in [1.54, 1.807) is 4.90 Å². The van der Waals surface area contributed by atoms with Gasteiger partial charge in [0.25, 0.3) is 0 Å². The van der Waals surface area contributed by atoms with E-state index in [0.717, 1.165) is 33.9 Å². The number of hydrogen-bond donors (Lipinski definition) is 0. The topological polar surface area (TPSA) is 38.8 Å². The van der Waals surface area contributed by atoms with E-state index in [1.165, 1.54) is 0 Å². The van der Waals surface area contributed by atoms with E-state index >= 15 is 0 Å². The zero-order valence-electron chi connectivity index (χ0n) is 13.6. The number of carbonyl (C=O) groups is 1. The smallest absolute Gasteiger partial charge is 0.241 e. The van der Waals surface area contributed by atoms with E-state index in [1.807, 2.05) is 44.3 Å². The molecule has 2 aromatic carbocycles. The maximum Gasteiger partial charge on any atom is 0.241 e. The highest BCUT2D eigenvalue weighted by Gasteiger charge is 2.50. The summed E-state index contributed by atoms with van der Waals surface area (Å²) in [5.74, 6) is 1.59. The molecular formula is C19H19NO3. The molecule has 0 aromatic heterocycles. The van der Waals surface area contributed by atoms with Gasteiger partial charge in [0.2, 0.25) is 12.7 Å². The van der Waals surface area contributed by atoms with Gasteiger partial charge in [0, 0.05) is 12.7 Å². The lowest BCUT2D eigenvalue weighted by Gasteiger charge is -2.29. The summed E-state index contributed by atoms with van der Waals surface area (Å²) in [4.78, 5) is 15.0. The van der Waals surface area contributed by atoms with Crippen LogP contribution in [0.25, 0.3) is 0 Å². The number of fused-ring (bicyclic) bond motifs is 2. The summed E-state index contributed by atoms with van der Waals surface area (Å²) in [5.41, 5.74) is 3.45. The number of benzene rings is 2. The van der Waals surface area contributed by atoms with E-state index in [9.17, 15) is 4.79 Å². The van der Waals surface area contributed by atoms with Crippen molar-refractivity contribution in [3.05, 3.63) is 53.1 Å². The van der Waals surface area contributed by atoms with Gasteiger partial charge in [0.05, 0.1) is 0 Å². The van der Waals surface area contributed by atoms with Crippen molar-refractivity contribution in [1.29, 1.82) is 0 Å². The normalized spacial score (nSPS) is 21.7. The van der Waals surface area contributed by atoms with Crippen molar-refractivity contribution in [3.8, 4) is 11.5 Å². The van der Waals surface area contributed by atoms with E-state index in [-0.39, 0.29) is 12.7 Å². The summed E-state index contributed by atoms with van der Waals surface area (Å²) in [5, 5.41) is 0. The van der Waals surface area contributed by atoms with Gasteiger partial charge in [-0.15, -0.1) is 0 Å². The van der Waals surface area contributed by atoms with E-state index in [0.29, 0.717) is 6.42 Å². The minimum atomic E-state index is -0.656. The lowest BCUT2D eigenvalue weighted by molar-refractivity contribution is -0.121. The number of rotatable bonds is 2. The molecule has 0 fully saturated rings. The quantitative estimate of drug-likeness (QED) is 0.853. The number of nitrogens with zero attached hydrogens (tertiary/aromatic N) is 1. The molecule has 0 unspecified atom stereocenters. The molecule has 4 heteroatoms. The highest BCUT2D eigenvalue weighted by atomic mass is 16.7. The van der Waals surface area contributed by atoms with Gasteiger partial charge in [-0.25, -0.2) is 0 Å². The predicted octanol–water partition coefficient (Wildman–Crippen LogP) is 3.40. The Labute approximate surface area is 135 Å². The van der Waals surface area contributed by atoms with Crippen LogP contribution in [0.2, 0.25) is 0 Å². The lowest BCUT2D eigenvalue weighted by atomic mass is 9.71. The van der Waals surface area contributed by atoms with Gasteiger partial charge < -0.3 is 14.4 Å². The minimum Gasteiger partial charge on any atom is -0.454 e. The molecule has 0 saturated heterocycles. The van der Waals surface area contributed by atoms with Crippen LogP contribution in [0, 0.1) is 6.92 Å². The second-order valence-corrected chi connectivity index (χ2v) is 6.16. The molecule has 0 N–H and O–H groups in total. The Kier molecular flexibility index (Phi) is 2.92. The number of carbonyl (C=O) groups excluding carboxylic acids is 1. The van der Waals surface area contributed by atoms with Crippen LogP contribution in [0.5, 0.6) is 11.5 Å². The van der Waals surface area contributed by atoms with Crippen molar-refractivity contribution in [2.45, 2.75) is 25.7 Å². The van der Waals surface area contributed by atoms with Gasteiger partial charge in [0.1, 0.15) is 5.41 Å². The molecule has 0 bridgehead atoms. The third-order valence-corrected chi connectivity index (χ3v) is 5.10. The van der Waals surface area contributed by atoms with Crippen LogP contribution in [0.3, 0.4) is 0 Å². The zero-order valence-corrected chi connectivity index (χ0v) is 13.6. The van der Waals surface area contributed by atoms with Gasteiger partial charge in [-0.05, 0) is 48.2 Å². The molecule has 2 aliphatic rings. The fourth-order valence-electron chi connectivity index (χ4n) is 3.93. The maximum atomic E-state index is 13.2. The summed E-state index contributed by atoms with van der Waals surface area (Å²) in [6.45, 7) is 4.34. The maximum absolute atomic E-state index is 13.2. The number of hydrogen-bond acceptors (Lipinski definition) is 3. The van der Waals surface area contributed by atoms with Crippen LogP contribution in [0.4, 0.5) is 5.69 Å². The van der Waals surface area contributed by atoms with Crippen LogP contribution in [-0.2, 0) is 10.2 Å². The van der Waals surface area contributed by atoms with Crippen LogP contribution in [0.1, 0.15) is 30.0 Å². The predicted molar refractivity (Wildman–Crippen MR) is 88.2 cm³/mol. The van der Waals surface area contributed by atoms with Gasteiger partial charge in [-0.3, -0.25) is 4.79 Å². The standard InChI is InChI=1S/C19H19NO3/c1-4-19(13-7-5-6-8-15(13)20(3)18(19)21)14-10-17-16(9-12(14)2)22-11-23-17/h5-10H,4,11H2,1-3H3/t19-/m0/s1. The molecular weight excluding hydrogens is 290 g/mol. The molecule has 0 saturated carbocycles. The molecule has 23 heavy (non-hydrogen) atoms. The summed E-state index contributed by atoms with van der Waals surface area (Å²) < 4.78 is 11.0. The summed E-state index contributed by atoms with van der Waals surface area (Å²) in [7, 11) is 1.85.